The maximum Gasteiger partial charge on any atom is 0.338 e. The molecule has 0 aliphatic heterocycles. The van der Waals surface area contributed by atoms with E-state index in [0.29, 0.717) is 12.5 Å². The van der Waals surface area contributed by atoms with E-state index in [-0.39, 0.29) is 5.57 Å². The molecule has 0 aromatic carbocycles. The Balaban J connectivity index is 4.11. The maximum atomic E-state index is 9.94. The Hall–Kier alpha value is -1.65. The highest BCUT2D eigenvalue weighted by molar-refractivity contribution is 6.04. The zero-order chi connectivity index (χ0) is 7.98. The number of aliphatic hydroxyl groups excluding tert-OH is 1. The van der Waals surface area contributed by atoms with Crippen LogP contribution in [0.2, 0.25) is 0 Å². The number of aliphatic hydroxyl groups is 1. The standard InChI is InChI=1S/C5H6N2O3/c6-5(10)7-1-4(2-8)3-9/h1-3,8H,(H2,6,10)/b4-2-,7-1+. The van der Waals surface area contributed by atoms with Gasteiger partial charge in [-0.05, 0) is 0 Å². The minimum absolute atomic E-state index is 0.112. The second-order valence-electron chi connectivity index (χ2n) is 1.34. The van der Waals surface area contributed by atoms with Crippen LogP contribution in [0.25, 0.3) is 0 Å². The van der Waals surface area contributed by atoms with E-state index in [9.17, 15) is 9.59 Å². The lowest BCUT2D eigenvalue weighted by Gasteiger charge is -1.82. The molecule has 0 rings (SSSR count). The monoisotopic (exact) mass is 142 g/mol. The third-order valence-electron chi connectivity index (χ3n) is 0.626. The van der Waals surface area contributed by atoms with Gasteiger partial charge in [0.25, 0.3) is 0 Å². The van der Waals surface area contributed by atoms with Gasteiger partial charge >= 0.3 is 6.03 Å². The first-order valence-electron chi connectivity index (χ1n) is 2.33. The molecule has 0 unspecified atom stereocenters. The zero-order valence-electron chi connectivity index (χ0n) is 5.02. The lowest BCUT2D eigenvalue weighted by Crippen LogP contribution is -2.04. The number of aliphatic imine (C=N–C) groups is 1. The Morgan fingerprint density at radius 3 is 2.50 bits per heavy atom. The summed E-state index contributed by atoms with van der Waals surface area (Å²) in [6.45, 7) is 0. The normalized spacial score (nSPS) is 11.8. The Morgan fingerprint density at radius 2 is 2.20 bits per heavy atom. The number of rotatable bonds is 2. The van der Waals surface area contributed by atoms with Gasteiger partial charge in [-0.2, -0.15) is 0 Å². The van der Waals surface area contributed by atoms with Crippen molar-refractivity contribution in [2.45, 2.75) is 0 Å². The first-order valence-corrected chi connectivity index (χ1v) is 2.33. The quantitative estimate of drug-likeness (QED) is 0.241. The lowest BCUT2D eigenvalue weighted by molar-refractivity contribution is -0.104. The summed E-state index contributed by atoms with van der Waals surface area (Å²) in [5.41, 5.74) is 4.48. The van der Waals surface area contributed by atoms with E-state index in [1.54, 1.807) is 0 Å². The molecule has 5 nitrogen and oxygen atoms in total. The number of urea groups is 1. The molecular formula is C5H6N2O3. The number of allylic oxidation sites excluding steroid dienone is 1. The van der Waals surface area contributed by atoms with Crippen LogP contribution in [-0.4, -0.2) is 23.6 Å². The van der Waals surface area contributed by atoms with E-state index < -0.39 is 6.03 Å². The average Bonchev–Trinajstić information content (AvgIpc) is 1.90. The second-order valence-corrected chi connectivity index (χ2v) is 1.34. The van der Waals surface area contributed by atoms with Gasteiger partial charge in [0, 0.05) is 6.21 Å². The summed E-state index contributed by atoms with van der Waals surface area (Å²) in [4.78, 5) is 22.8. The van der Waals surface area contributed by atoms with E-state index in [1.807, 2.05) is 0 Å². The van der Waals surface area contributed by atoms with Crippen molar-refractivity contribution in [1.82, 2.24) is 0 Å². The van der Waals surface area contributed by atoms with Gasteiger partial charge in [-0.3, -0.25) is 4.79 Å². The predicted octanol–water partition coefficient (Wildman–Crippen LogP) is -0.223. The highest BCUT2D eigenvalue weighted by Crippen LogP contribution is 1.80. The molecule has 0 radical (unpaired) electrons. The molecule has 3 N–H and O–H groups in total. The molecule has 0 saturated carbocycles. The third kappa shape index (κ3) is 3.36. The summed E-state index contributed by atoms with van der Waals surface area (Å²) in [6, 6.07) is -0.916. The van der Waals surface area contributed by atoms with Crippen molar-refractivity contribution in [2.24, 2.45) is 10.7 Å². The number of nitrogens with two attached hydrogens (primary N) is 1. The van der Waals surface area contributed by atoms with E-state index in [0.717, 1.165) is 6.21 Å². The van der Waals surface area contributed by atoms with Crippen LogP contribution in [0.5, 0.6) is 0 Å². The summed E-state index contributed by atoms with van der Waals surface area (Å²) in [6.07, 6.45) is 1.74. The Morgan fingerprint density at radius 1 is 1.60 bits per heavy atom. The van der Waals surface area contributed by atoms with Gasteiger partial charge in [0.05, 0.1) is 11.8 Å². The molecule has 0 bridgehead atoms. The summed E-state index contributed by atoms with van der Waals surface area (Å²) >= 11 is 0. The van der Waals surface area contributed by atoms with Crippen LogP contribution >= 0.6 is 0 Å². The molecule has 0 heterocycles. The molecule has 0 saturated heterocycles. The van der Waals surface area contributed by atoms with Crippen molar-refractivity contribution in [3.05, 3.63) is 11.8 Å². The fraction of sp³-hybridized carbons (Fsp3) is 0. The molecule has 0 spiro atoms. The number of nitrogens with zero attached hydrogens (tertiary/aromatic N) is 1. The molecule has 0 fully saturated rings. The smallest absolute Gasteiger partial charge is 0.338 e. The van der Waals surface area contributed by atoms with Gasteiger partial charge in [-0.25, -0.2) is 9.79 Å². The van der Waals surface area contributed by atoms with Crippen LogP contribution in [0.15, 0.2) is 16.8 Å². The zero-order valence-corrected chi connectivity index (χ0v) is 5.02. The van der Waals surface area contributed by atoms with Crippen molar-refractivity contribution >= 4 is 18.5 Å². The molecule has 0 aliphatic rings. The topological polar surface area (TPSA) is 92.8 Å². The molecular weight excluding hydrogens is 136 g/mol. The molecule has 10 heavy (non-hydrogen) atoms. The predicted molar refractivity (Wildman–Crippen MR) is 34.9 cm³/mol. The molecule has 54 valence electrons. The number of hydrogen-bond acceptors (Lipinski definition) is 3. The lowest BCUT2D eigenvalue weighted by atomic mass is 10.4. The Labute approximate surface area is 56.9 Å². The van der Waals surface area contributed by atoms with E-state index >= 15 is 0 Å². The van der Waals surface area contributed by atoms with E-state index in [2.05, 4.69) is 10.7 Å². The Bertz CT molecular complexity index is 195. The van der Waals surface area contributed by atoms with Crippen LogP contribution < -0.4 is 5.73 Å². The number of amides is 2. The molecule has 2 amide bonds. The van der Waals surface area contributed by atoms with Crippen LogP contribution in [-0.2, 0) is 4.79 Å². The van der Waals surface area contributed by atoms with Crippen LogP contribution in [0.1, 0.15) is 0 Å². The number of hydrogen-bond donors (Lipinski definition) is 2. The van der Waals surface area contributed by atoms with Gasteiger partial charge in [0.1, 0.15) is 0 Å². The summed E-state index contributed by atoms with van der Waals surface area (Å²) in [5, 5.41) is 8.20. The molecule has 0 aliphatic carbocycles. The third-order valence-corrected chi connectivity index (χ3v) is 0.626. The van der Waals surface area contributed by atoms with E-state index in [1.165, 1.54) is 0 Å². The minimum atomic E-state index is -0.916. The number of primary amides is 1. The molecule has 0 atom stereocenters. The average molecular weight is 142 g/mol. The number of carbonyl (C=O) groups is 2. The highest BCUT2D eigenvalue weighted by Gasteiger charge is 1.88. The fourth-order valence-electron chi connectivity index (χ4n) is 0.232. The van der Waals surface area contributed by atoms with Crippen molar-refractivity contribution < 1.29 is 14.7 Å². The molecule has 5 heteroatoms. The molecule has 0 aromatic rings. The second kappa shape index (κ2) is 4.25. The van der Waals surface area contributed by atoms with Crippen LogP contribution in [0.3, 0.4) is 0 Å². The fourth-order valence-corrected chi connectivity index (χ4v) is 0.232. The minimum Gasteiger partial charge on any atom is -0.515 e. The van der Waals surface area contributed by atoms with E-state index in [4.69, 9.17) is 5.11 Å². The van der Waals surface area contributed by atoms with Gasteiger partial charge < -0.3 is 10.8 Å². The van der Waals surface area contributed by atoms with Gasteiger partial charge in [-0.1, -0.05) is 0 Å². The number of carbonyl (C=O) groups excluding carboxylic acids is 2. The Kier molecular flexibility index (Phi) is 3.55. The first kappa shape index (κ1) is 8.35. The maximum absolute atomic E-state index is 9.94. The van der Waals surface area contributed by atoms with Gasteiger partial charge in [0.15, 0.2) is 6.29 Å². The van der Waals surface area contributed by atoms with Crippen molar-refractivity contribution in [2.75, 3.05) is 0 Å². The highest BCUT2D eigenvalue weighted by atomic mass is 16.2. The van der Waals surface area contributed by atoms with Crippen molar-refractivity contribution in [3.8, 4) is 0 Å². The summed E-state index contributed by atoms with van der Waals surface area (Å²) < 4.78 is 0. The molecule has 0 aromatic heterocycles. The van der Waals surface area contributed by atoms with Crippen molar-refractivity contribution in [1.29, 1.82) is 0 Å². The largest absolute Gasteiger partial charge is 0.515 e. The van der Waals surface area contributed by atoms with Crippen molar-refractivity contribution in [3.63, 3.8) is 0 Å². The first-order chi connectivity index (χ1) is 4.70. The van der Waals surface area contributed by atoms with Crippen LogP contribution in [0.4, 0.5) is 4.79 Å². The van der Waals surface area contributed by atoms with Gasteiger partial charge in [0.2, 0.25) is 0 Å². The van der Waals surface area contributed by atoms with Gasteiger partial charge in [-0.15, -0.1) is 0 Å². The summed E-state index contributed by atoms with van der Waals surface area (Å²) in [7, 11) is 0. The SMILES string of the molecule is NC(=O)/N=C/C(C=O)=C/O. The summed E-state index contributed by atoms with van der Waals surface area (Å²) in [5.74, 6) is 0. The van der Waals surface area contributed by atoms with Crippen LogP contribution in [0, 0.1) is 0 Å². The number of aldehydes is 1.